The Morgan fingerprint density at radius 1 is 0.364 bits per heavy atom. The number of carbonyl (C=O) groups excluding carboxylic acids is 3. The molecular formula is C38H72O6. The summed E-state index contributed by atoms with van der Waals surface area (Å²) < 4.78 is 16.4. The van der Waals surface area contributed by atoms with Gasteiger partial charge in [-0.1, -0.05) is 168 Å². The lowest BCUT2D eigenvalue weighted by Gasteiger charge is -2.18. The third kappa shape index (κ3) is 31.8. The van der Waals surface area contributed by atoms with E-state index in [0.717, 1.165) is 64.2 Å². The highest BCUT2D eigenvalue weighted by Gasteiger charge is 2.19. The molecule has 0 spiro atoms. The third-order valence-electron chi connectivity index (χ3n) is 8.36. The quantitative estimate of drug-likeness (QED) is 0.0402. The van der Waals surface area contributed by atoms with Gasteiger partial charge in [0.1, 0.15) is 13.2 Å². The first-order valence-electron chi connectivity index (χ1n) is 19.0. The van der Waals surface area contributed by atoms with Gasteiger partial charge in [0.2, 0.25) is 0 Å². The Labute approximate surface area is 272 Å². The largest absolute Gasteiger partial charge is 0.462 e. The molecule has 0 aliphatic rings. The number of unbranched alkanes of at least 4 members (excludes halogenated alkanes) is 23. The molecule has 0 aromatic carbocycles. The van der Waals surface area contributed by atoms with Crippen molar-refractivity contribution < 1.29 is 28.6 Å². The van der Waals surface area contributed by atoms with E-state index in [0.29, 0.717) is 19.3 Å². The van der Waals surface area contributed by atoms with Crippen LogP contribution >= 0.6 is 0 Å². The van der Waals surface area contributed by atoms with E-state index in [4.69, 9.17) is 14.2 Å². The van der Waals surface area contributed by atoms with E-state index in [1.54, 1.807) is 0 Å². The Balaban J connectivity index is 4.13. The van der Waals surface area contributed by atoms with Gasteiger partial charge in [-0.2, -0.15) is 0 Å². The van der Waals surface area contributed by atoms with E-state index in [-0.39, 0.29) is 31.1 Å². The van der Waals surface area contributed by atoms with Crippen LogP contribution in [0.3, 0.4) is 0 Å². The predicted molar refractivity (Wildman–Crippen MR) is 183 cm³/mol. The van der Waals surface area contributed by atoms with Crippen molar-refractivity contribution in [3.63, 3.8) is 0 Å². The number of esters is 3. The van der Waals surface area contributed by atoms with Crippen molar-refractivity contribution in [2.75, 3.05) is 13.2 Å². The van der Waals surface area contributed by atoms with Crippen LogP contribution in [0.1, 0.15) is 207 Å². The molecule has 0 saturated heterocycles. The molecule has 0 aliphatic heterocycles. The van der Waals surface area contributed by atoms with Gasteiger partial charge >= 0.3 is 17.9 Å². The Morgan fingerprint density at radius 2 is 0.614 bits per heavy atom. The van der Waals surface area contributed by atoms with Gasteiger partial charge in [0, 0.05) is 19.3 Å². The first kappa shape index (κ1) is 42.4. The van der Waals surface area contributed by atoms with Crippen molar-refractivity contribution in [2.45, 2.75) is 213 Å². The molecule has 0 rings (SSSR count). The smallest absolute Gasteiger partial charge is 0.306 e. The van der Waals surface area contributed by atoms with Crippen molar-refractivity contribution in [2.24, 2.45) is 0 Å². The van der Waals surface area contributed by atoms with E-state index in [9.17, 15) is 14.4 Å². The minimum atomic E-state index is -0.753. The van der Waals surface area contributed by atoms with Gasteiger partial charge in [-0.15, -0.1) is 0 Å². The fourth-order valence-corrected chi connectivity index (χ4v) is 5.44. The molecule has 0 aliphatic carbocycles. The van der Waals surface area contributed by atoms with Gasteiger partial charge in [0.05, 0.1) is 0 Å². The molecule has 6 heteroatoms. The summed E-state index contributed by atoms with van der Waals surface area (Å²) in [4.78, 5) is 37.0. The number of hydrogen-bond acceptors (Lipinski definition) is 6. The first-order valence-corrected chi connectivity index (χ1v) is 19.0. The van der Waals surface area contributed by atoms with Gasteiger partial charge in [-0.05, 0) is 19.3 Å². The highest BCUT2D eigenvalue weighted by Crippen LogP contribution is 2.14. The van der Waals surface area contributed by atoms with Crippen LogP contribution in [0.5, 0.6) is 0 Å². The average molecular weight is 625 g/mol. The van der Waals surface area contributed by atoms with Crippen LogP contribution in [0, 0.1) is 0 Å². The minimum Gasteiger partial charge on any atom is -0.462 e. The maximum Gasteiger partial charge on any atom is 0.306 e. The SMILES string of the molecule is CCCCCCCCCCCCCCCCCC(=O)OCC(COC(=O)CCCCCCC)OC(=O)CCCCCCCC. The van der Waals surface area contributed by atoms with Crippen LogP contribution in [0.4, 0.5) is 0 Å². The fraction of sp³-hybridized carbons (Fsp3) is 0.921. The molecule has 44 heavy (non-hydrogen) atoms. The maximum absolute atomic E-state index is 12.4. The topological polar surface area (TPSA) is 78.9 Å². The van der Waals surface area contributed by atoms with E-state index < -0.39 is 6.10 Å². The van der Waals surface area contributed by atoms with Crippen molar-refractivity contribution in [1.29, 1.82) is 0 Å². The Kier molecular flexibility index (Phi) is 33.0. The zero-order valence-corrected chi connectivity index (χ0v) is 29.4. The zero-order chi connectivity index (χ0) is 32.4. The molecule has 0 N–H and O–H groups in total. The monoisotopic (exact) mass is 625 g/mol. The molecule has 0 aromatic rings. The second-order valence-electron chi connectivity index (χ2n) is 12.9. The van der Waals surface area contributed by atoms with Crippen LogP contribution in [0.15, 0.2) is 0 Å². The summed E-state index contributed by atoms with van der Waals surface area (Å²) in [6.45, 7) is 6.48. The first-order chi connectivity index (χ1) is 21.5. The zero-order valence-electron chi connectivity index (χ0n) is 29.4. The highest BCUT2D eigenvalue weighted by atomic mass is 16.6. The molecule has 0 radical (unpaired) electrons. The molecule has 1 atom stereocenters. The summed E-state index contributed by atoms with van der Waals surface area (Å²) in [5.41, 5.74) is 0. The lowest BCUT2D eigenvalue weighted by molar-refractivity contribution is -0.167. The van der Waals surface area contributed by atoms with Gasteiger partial charge in [0.25, 0.3) is 0 Å². The summed E-state index contributed by atoms with van der Waals surface area (Å²) in [7, 11) is 0. The molecule has 1 unspecified atom stereocenters. The van der Waals surface area contributed by atoms with Crippen LogP contribution in [0.2, 0.25) is 0 Å². The molecule has 0 fully saturated rings. The van der Waals surface area contributed by atoms with E-state index in [1.165, 1.54) is 103 Å². The number of carbonyl (C=O) groups is 3. The number of rotatable bonds is 34. The molecule has 260 valence electrons. The summed E-state index contributed by atoms with van der Waals surface area (Å²) in [5.74, 6) is -0.888. The fourth-order valence-electron chi connectivity index (χ4n) is 5.44. The van der Waals surface area contributed by atoms with Crippen LogP contribution in [0.25, 0.3) is 0 Å². The van der Waals surface area contributed by atoms with Gasteiger partial charge in [-0.25, -0.2) is 0 Å². The highest BCUT2D eigenvalue weighted by molar-refractivity contribution is 5.71. The van der Waals surface area contributed by atoms with Crippen LogP contribution in [-0.2, 0) is 28.6 Å². The lowest BCUT2D eigenvalue weighted by atomic mass is 10.0. The minimum absolute atomic E-state index is 0.0659. The van der Waals surface area contributed by atoms with Crippen molar-refractivity contribution in [3.05, 3.63) is 0 Å². The van der Waals surface area contributed by atoms with Gasteiger partial charge < -0.3 is 14.2 Å². The summed E-state index contributed by atoms with van der Waals surface area (Å²) in [6, 6.07) is 0. The normalized spacial score (nSPS) is 11.8. The van der Waals surface area contributed by atoms with Gasteiger partial charge in [0.15, 0.2) is 6.10 Å². The second kappa shape index (κ2) is 34.3. The molecule has 0 bridgehead atoms. The van der Waals surface area contributed by atoms with Crippen molar-refractivity contribution >= 4 is 17.9 Å². The maximum atomic E-state index is 12.4. The third-order valence-corrected chi connectivity index (χ3v) is 8.36. The Morgan fingerprint density at radius 3 is 0.909 bits per heavy atom. The standard InChI is InChI=1S/C38H72O6/c1-4-7-10-13-15-16-17-18-19-20-21-22-23-26-28-31-37(40)43-34-35(33-42-36(39)30-27-24-12-9-6-3)44-38(41)32-29-25-14-11-8-5-2/h35H,4-34H2,1-3H3. The van der Waals surface area contributed by atoms with Crippen molar-refractivity contribution in [1.82, 2.24) is 0 Å². The predicted octanol–water partition coefficient (Wildman–Crippen LogP) is 11.4. The van der Waals surface area contributed by atoms with Crippen LogP contribution < -0.4 is 0 Å². The summed E-state index contributed by atoms with van der Waals surface area (Å²) >= 11 is 0. The molecule has 0 heterocycles. The molecule has 0 saturated carbocycles. The summed E-state index contributed by atoms with van der Waals surface area (Å²) in [5, 5.41) is 0. The lowest BCUT2D eigenvalue weighted by Crippen LogP contribution is -2.30. The number of hydrogen-bond donors (Lipinski definition) is 0. The van der Waals surface area contributed by atoms with E-state index in [1.807, 2.05) is 0 Å². The van der Waals surface area contributed by atoms with E-state index >= 15 is 0 Å². The Bertz CT molecular complexity index is 649. The van der Waals surface area contributed by atoms with Crippen LogP contribution in [-0.4, -0.2) is 37.2 Å². The molecule has 0 aromatic heterocycles. The second-order valence-corrected chi connectivity index (χ2v) is 12.9. The number of ether oxygens (including phenoxy) is 3. The van der Waals surface area contributed by atoms with Gasteiger partial charge in [-0.3, -0.25) is 14.4 Å². The van der Waals surface area contributed by atoms with Crippen molar-refractivity contribution in [3.8, 4) is 0 Å². The summed E-state index contributed by atoms with van der Waals surface area (Å²) in [6.07, 6.45) is 31.3. The average Bonchev–Trinajstić information content (AvgIpc) is 3.02. The molecule has 6 nitrogen and oxygen atoms in total. The molecule has 0 amide bonds. The van der Waals surface area contributed by atoms with E-state index in [2.05, 4.69) is 20.8 Å². The molecular weight excluding hydrogens is 552 g/mol. The Hall–Kier alpha value is -1.59.